The van der Waals surface area contributed by atoms with Gasteiger partial charge >= 0.3 is 0 Å². The van der Waals surface area contributed by atoms with Crippen molar-refractivity contribution < 1.29 is 9.59 Å². The molecule has 0 aromatic rings. The van der Waals surface area contributed by atoms with E-state index in [-0.39, 0.29) is 11.8 Å². The average molecular weight is 208 g/mol. The summed E-state index contributed by atoms with van der Waals surface area (Å²) in [6, 6.07) is 0. The van der Waals surface area contributed by atoms with Gasteiger partial charge in [-0.25, -0.2) is 0 Å². The normalized spacial score (nSPS) is 47.1. The standard InChI is InChI=1S/C11H16N2O2/c1-10(8(12)14)6-3-4-7(5-6)11(10,2)9(13)15/h3-4,6-7H,5H2,1-2H3,(H2,12,14)(H2,13,15). The van der Waals surface area contributed by atoms with E-state index in [9.17, 15) is 9.59 Å². The predicted molar refractivity (Wildman–Crippen MR) is 55.3 cm³/mol. The maximum Gasteiger partial charge on any atom is 0.225 e. The van der Waals surface area contributed by atoms with Gasteiger partial charge in [-0.05, 0) is 32.1 Å². The molecule has 2 bridgehead atoms. The van der Waals surface area contributed by atoms with Crippen LogP contribution in [0.2, 0.25) is 0 Å². The molecule has 4 N–H and O–H groups in total. The van der Waals surface area contributed by atoms with Crippen LogP contribution in [0.25, 0.3) is 0 Å². The van der Waals surface area contributed by atoms with Crippen molar-refractivity contribution in [3.8, 4) is 0 Å². The highest BCUT2D eigenvalue weighted by atomic mass is 16.2. The first kappa shape index (κ1) is 10.2. The molecule has 2 aliphatic carbocycles. The third kappa shape index (κ3) is 0.874. The van der Waals surface area contributed by atoms with Crippen molar-refractivity contribution in [2.24, 2.45) is 34.1 Å². The molecule has 4 atom stereocenters. The SMILES string of the molecule is CC1(C(N)=O)C2C=CC(C2)C1(C)C(N)=O. The summed E-state index contributed by atoms with van der Waals surface area (Å²) < 4.78 is 0. The van der Waals surface area contributed by atoms with Gasteiger partial charge in [-0.3, -0.25) is 9.59 Å². The average Bonchev–Trinajstić information content (AvgIpc) is 2.69. The first-order valence-electron chi connectivity index (χ1n) is 5.13. The van der Waals surface area contributed by atoms with Crippen LogP contribution in [0.1, 0.15) is 20.3 Å². The monoisotopic (exact) mass is 208 g/mol. The summed E-state index contributed by atoms with van der Waals surface area (Å²) in [7, 11) is 0. The largest absolute Gasteiger partial charge is 0.369 e. The molecule has 0 spiro atoms. The lowest BCUT2D eigenvalue weighted by molar-refractivity contribution is -0.147. The second-order valence-corrected chi connectivity index (χ2v) is 4.97. The van der Waals surface area contributed by atoms with Gasteiger partial charge in [0.25, 0.3) is 0 Å². The number of nitrogens with two attached hydrogens (primary N) is 2. The van der Waals surface area contributed by atoms with Crippen molar-refractivity contribution in [2.75, 3.05) is 0 Å². The summed E-state index contributed by atoms with van der Waals surface area (Å²) >= 11 is 0. The van der Waals surface area contributed by atoms with Crippen molar-refractivity contribution >= 4 is 11.8 Å². The van der Waals surface area contributed by atoms with Crippen molar-refractivity contribution in [1.29, 1.82) is 0 Å². The van der Waals surface area contributed by atoms with Crippen LogP contribution in [0.15, 0.2) is 12.2 Å². The van der Waals surface area contributed by atoms with Gasteiger partial charge in [0.2, 0.25) is 11.8 Å². The molecule has 0 aromatic heterocycles. The van der Waals surface area contributed by atoms with E-state index in [1.807, 2.05) is 12.2 Å². The summed E-state index contributed by atoms with van der Waals surface area (Å²) in [6.45, 7) is 3.52. The number of rotatable bonds is 2. The van der Waals surface area contributed by atoms with E-state index in [1.165, 1.54) is 0 Å². The van der Waals surface area contributed by atoms with Crippen molar-refractivity contribution in [3.63, 3.8) is 0 Å². The minimum atomic E-state index is -0.835. The maximum atomic E-state index is 11.6. The van der Waals surface area contributed by atoms with Crippen molar-refractivity contribution in [2.45, 2.75) is 20.3 Å². The van der Waals surface area contributed by atoms with Crippen molar-refractivity contribution in [1.82, 2.24) is 0 Å². The second-order valence-electron chi connectivity index (χ2n) is 4.97. The Kier molecular flexibility index (Phi) is 1.78. The zero-order valence-electron chi connectivity index (χ0n) is 8.99. The van der Waals surface area contributed by atoms with Crippen LogP contribution in [-0.2, 0) is 9.59 Å². The van der Waals surface area contributed by atoms with Crippen LogP contribution < -0.4 is 11.5 Å². The lowest BCUT2D eigenvalue weighted by atomic mass is 9.59. The smallest absolute Gasteiger partial charge is 0.225 e. The highest BCUT2D eigenvalue weighted by Gasteiger charge is 2.66. The Hall–Kier alpha value is -1.32. The minimum Gasteiger partial charge on any atom is -0.369 e. The first-order chi connectivity index (χ1) is 6.85. The van der Waals surface area contributed by atoms with Crippen LogP contribution in [0.3, 0.4) is 0 Å². The molecule has 1 saturated carbocycles. The van der Waals surface area contributed by atoms with E-state index >= 15 is 0 Å². The third-order valence-corrected chi connectivity index (χ3v) is 4.67. The van der Waals surface area contributed by atoms with Crippen LogP contribution in [0.5, 0.6) is 0 Å². The fraction of sp³-hybridized carbons (Fsp3) is 0.636. The van der Waals surface area contributed by atoms with E-state index < -0.39 is 22.6 Å². The number of fused-ring (bicyclic) bond motifs is 2. The van der Waals surface area contributed by atoms with Gasteiger partial charge < -0.3 is 11.5 Å². The summed E-state index contributed by atoms with van der Waals surface area (Å²) in [5, 5.41) is 0. The zero-order chi connectivity index (χ0) is 11.4. The second kappa shape index (κ2) is 2.62. The Morgan fingerprint density at radius 3 is 1.67 bits per heavy atom. The maximum absolute atomic E-state index is 11.6. The zero-order valence-corrected chi connectivity index (χ0v) is 8.99. The molecular weight excluding hydrogens is 192 g/mol. The molecule has 4 nitrogen and oxygen atoms in total. The summed E-state index contributed by atoms with van der Waals surface area (Å²) in [6.07, 6.45) is 4.78. The molecule has 4 heteroatoms. The molecule has 0 heterocycles. The highest BCUT2D eigenvalue weighted by molar-refractivity contribution is 5.93. The first-order valence-corrected chi connectivity index (χ1v) is 5.13. The Morgan fingerprint density at radius 1 is 1.07 bits per heavy atom. The molecule has 0 radical (unpaired) electrons. The van der Waals surface area contributed by atoms with Crippen LogP contribution >= 0.6 is 0 Å². The Bertz CT molecular complexity index is 343. The number of primary amides is 2. The Balaban J connectivity index is 2.59. The van der Waals surface area contributed by atoms with Crippen LogP contribution in [-0.4, -0.2) is 11.8 Å². The molecule has 0 aliphatic heterocycles. The molecule has 2 amide bonds. The number of carbonyl (C=O) groups is 2. The lowest BCUT2D eigenvalue weighted by Gasteiger charge is -2.42. The van der Waals surface area contributed by atoms with Gasteiger partial charge in [-0.1, -0.05) is 12.2 Å². The van der Waals surface area contributed by atoms with Crippen molar-refractivity contribution in [3.05, 3.63) is 12.2 Å². The van der Waals surface area contributed by atoms with E-state index in [1.54, 1.807) is 13.8 Å². The molecule has 82 valence electrons. The van der Waals surface area contributed by atoms with E-state index in [2.05, 4.69) is 0 Å². The summed E-state index contributed by atoms with van der Waals surface area (Å²) in [5.41, 5.74) is 9.23. The van der Waals surface area contributed by atoms with Gasteiger partial charge in [0.1, 0.15) is 0 Å². The fourth-order valence-corrected chi connectivity index (χ4v) is 3.20. The van der Waals surface area contributed by atoms with E-state index in [0.717, 1.165) is 6.42 Å². The molecule has 2 rings (SSSR count). The fourth-order valence-electron chi connectivity index (χ4n) is 3.20. The number of hydrogen-bond acceptors (Lipinski definition) is 2. The lowest BCUT2D eigenvalue weighted by Crippen LogP contribution is -2.56. The molecule has 15 heavy (non-hydrogen) atoms. The van der Waals surface area contributed by atoms with E-state index in [4.69, 9.17) is 11.5 Å². The highest BCUT2D eigenvalue weighted by Crippen LogP contribution is 2.63. The van der Waals surface area contributed by atoms with Crippen LogP contribution in [0.4, 0.5) is 0 Å². The molecule has 0 saturated heterocycles. The Morgan fingerprint density at radius 2 is 1.40 bits per heavy atom. The quantitative estimate of drug-likeness (QED) is 0.634. The molecule has 1 fully saturated rings. The topological polar surface area (TPSA) is 86.2 Å². The van der Waals surface area contributed by atoms with Gasteiger partial charge in [-0.15, -0.1) is 0 Å². The number of amides is 2. The number of carbonyl (C=O) groups excluding carboxylic acids is 2. The molecule has 4 unspecified atom stereocenters. The molecule has 0 aromatic carbocycles. The van der Waals surface area contributed by atoms with Gasteiger partial charge in [0, 0.05) is 0 Å². The van der Waals surface area contributed by atoms with Crippen LogP contribution in [0, 0.1) is 22.7 Å². The third-order valence-electron chi connectivity index (χ3n) is 4.67. The number of hydrogen-bond donors (Lipinski definition) is 2. The Labute approximate surface area is 88.7 Å². The summed E-state index contributed by atoms with van der Waals surface area (Å²) in [5.74, 6) is -0.753. The van der Waals surface area contributed by atoms with Gasteiger partial charge in [0.15, 0.2) is 0 Å². The summed E-state index contributed by atoms with van der Waals surface area (Å²) in [4.78, 5) is 23.2. The van der Waals surface area contributed by atoms with E-state index in [0.29, 0.717) is 0 Å². The molecular formula is C11H16N2O2. The van der Waals surface area contributed by atoms with Gasteiger partial charge in [0.05, 0.1) is 10.8 Å². The minimum absolute atomic E-state index is 0.0532. The molecule has 2 aliphatic rings. The van der Waals surface area contributed by atoms with Gasteiger partial charge in [-0.2, -0.15) is 0 Å². The number of allylic oxidation sites excluding steroid dienone is 2. The predicted octanol–water partition coefficient (Wildman–Crippen LogP) is 0.175.